The summed E-state index contributed by atoms with van der Waals surface area (Å²) >= 11 is 0. The van der Waals surface area contributed by atoms with Gasteiger partial charge in [0.25, 0.3) is 5.91 Å². The molecule has 5 heteroatoms. The van der Waals surface area contributed by atoms with E-state index in [1.165, 1.54) is 5.56 Å². The zero-order valence-electron chi connectivity index (χ0n) is 15.4. The molecule has 132 valence electrons. The molecule has 1 aromatic carbocycles. The van der Waals surface area contributed by atoms with Crippen molar-refractivity contribution in [2.45, 2.75) is 39.2 Å². The molecule has 1 aromatic rings. The highest BCUT2D eigenvalue weighted by Crippen LogP contribution is 2.22. The molecule has 2 rings (SSSR count). The summed E-state index contributed by atoms with van der Waals surface area (Å²) in [6.45, 7) is 11.4. The van der Waals surface area contributed by atoms with Gasteiger partial charge in [-0.15, -0.1) is 0 Å². The molecule has 0 bridgehead atoms. The minimum atomic E-state index is -0.511. The van der Waals surface area contributed by atoms with Crippen molar-refractivity contribution in [2.24, 2.45) is 0 Å². The molecule has 5 nitrogen and oxygen atoms in total. The molecule has 1 fully saturated rings. The van der Waals surface area contributed by atoms with Crippen LogP contribution in [0.15, 0.2) is 24.3 Å². The number of rotatable bonds is 3. The first-order chi connectivity index (χ1) is 11.2. The molecular formula is C19H29N3O2. The minimum absolute atomic E-state index is 0.0113. The number of piperazine rings is 1. The smallest absolute Gasteiger partial charge is 0.251 e. The minimum Gasteiger partial charge on any atom is -0.341 e. The van der Waals surface area contributed by atoms with Gasteiger partial charge < -0.3 is 15.1 Å². The predicted molar refractivity (Wildman–Crippen MR) is 96.1 cm³/mol. The van der Waals surface area contributed by atoms with Gasteiger partial charge in [0, 0.05) is 31.7 Å². The number of amides is 2. The van der Waals surface area contributed by atoms with Crippen LogP contribution in [0, 0.1) is 0 Å². The molecule has 1 aliphatic rings. The molecule has 0 radical (unpaired) electrons. The zero-order valence-corrected chi connectivity index (χ0v) is 15.4. The van der Waals surface area contributed by atoms with Crippen LogP contribution in [-0.2, 0) is 10.2 Å². The molecule has 2 amide bonds. The lowest BCUT2D eigenvalue weighted by Gasteiger charge is -2.34. The Morgan fingerprint density at radius 1 is 1.04 bits per heavy atom. The Kier molecular flexibility index (Phi) is 5.65. The van der Waals surface area contributed by atoms with Crippen molar-refractivity contribution in [1.82, 2.24) is 15.1 Å². The maximum atomic E-state index is 12.4. The molecule has 1 atom stereocenters. The number of carbonyl (C=O) groups excluding carboxylic acids is 2. The molecule has 1 N–H and O–H groups in total. The van der Waals surface area contributed by atoms with Crippen molar-refractivity contribution in [2.75, 3.05) is 33.2 Å². The SMILES string of the molecule is CC(NC(=O)c1ccc(C(C)(C)C)cc1)C(=O)N1CCN(C)CC1. The standard InChI is InChI=1S/C19H29N3O2/c1-14(18(24)22-12-10-21(5)11-13-22)20-17(23)15-6-8-16(9-7-15)19(2,3)4/h6-9,14H,10-13H2,1-5H3,(H,20,23). The maximum absolute atomic E-state index is 12.4. The second-order valence-electron chi connectivity index (χ2n) is 7.65. The molecule has 1 aliphatic heterocycles. The van der Waals surface area contributed by atoms with Gasteiger partial charge in [0.15, 0.2) is 0 Å². The summed E-state index contributed by atoms with van der Waals surface area (Å²) in [6.07, 6.45) is 0. The number of carbonyl (C=O) groups is 2. The van der Waals surface area contributed by atoms with Crippen molar-refractivity contribution in [3.05, 3.63) is 35.4 Å². The first-order valence-electron chi connectivity index (χ1n) is 8.57. The fourth-order valence-corrected chi connectivity index (χ4v) is 2.76. The Morgan fingerprint density at radius 2 is 1.58 bits per heavy atom. The van der Waals surface area contributed by atoms with Crippen LogP contribution in [0.5, 0.6) is 0 Å². The van der Waals surface area contributed by atoms with Gasteiger partial charge >= 0.3 is 0 Å². The van der Waals surface area contributed by atoms with Crippen LogP contribution in [0.25, 0.3) is 0 Å². The molecule has 0 saturated carbocycles. The summed E-state index contributed by atoms with van der Waals surface area (Å²) in [5, 5.41) is 2.82. The van der Waals surface area contributed by atoms with Crippen LogP contribution in [0.3, 0.4) is 0 Å². The highest BCUT2D eigenvalue weighted by Gasteiger charge is 2.25. The fourth-order valence-electron chi connectivity index (χ4n) is 2.76. The van der Waals surface area contributed by atoms with E-state index in [1.54, 1.807) is 6.92 Å². The Labute approximate surface area is 145 Å². The highest BCUT2D eigenvalue weighted by atomic mass is 16.2. The van der Waals surface area contributed by atoms with E-state index >= 15 is 0 Å². The molecule has 1 unspecified atom stereocenters. The second kappa shape index (κ2) is 7.34. The van der Waals surface area contributed by atoms with Gasteiger partial charge in [-0.25, -0.2) is 0 Å². The number of benzene rings is 1. The van der Waals surface area contributed by atoms with Crippen molar-refractivity contribution in [3.63, 3.8) is 0 Å². The van der Waals surface area contributed by atoms with E-state index in [2.05, 4.69) is 31.0 Å². The third kappa shape index (κ3) is 4.57. The lowest BCUT2D eigenvalue weighted by Crippen LogP contribution is -2.53. The van der Waals surface area contributed by atoms with E-state index < -0.39 is 6.04 Å². The second-order valence-corrected chi connectivity index (χ2v) is 7.65. The van der Waals surface area contributed by atoms with Crippen LogP contribution >= 0.6 is 0 Å². The molecule has 0 aromatic heterocycles. The molecule has 0 spiro atoms. The first kappa shape index (κ1) is 18.5. The van der Waals surface area contributed by atoms with Gasteiger partial charge in [-0.05, 0) is 37.1 Å². The van der Waals surface area contributed by atoms with Gasteiger partial charge in [-0.2, -0.15) is 0 Å². The average Bonchev–Trinajstić information content (AvgIpc) is 2.54. The van der Waals surface area contributed by atoms with E-state index in [-0.39, 0.29) is 17.2 Å². The normalized spacial score (nSPS) is 17.5. The maximum Gasteiger partial charge on any atom is 0.251 e. The van der Waals surface area contributed by atoms with Crippen molar-refractivity contribution >= 4 is 11.8 Å². The van der Waals surface area contributed by atoms with E-state index in [4.69, 9.17) is 0 Å². The Balaban J connectivity index is 1.94. The van der Waals surface area contributed by atoms with Gasteiger partial charge in [-0.3, -0.25) is 9.59 Å². The van der Waals surface area contributed by atoms with Crippen molar-refractivity contribution in [3.8, 4) is 0 Å². The van der Waals surface area contributed by atoms with Gasteiger partial charge in [-0.1, -0.05) is 32.9 Å². The molecular weight excluding hydrogens is 302 g/mol. The average molecular weight is 331 g/mol. The summed E-state index contributed by atoms with van der Waals surface area (Å²) in [5.41, 5.74) is 1.82. The first-order valence-corrected chi connectivity index (χ1v) is 8.57. The molecule has 0 aliphatic carbocycles. The zero-order chi connectivity index (χ0) is 17.9. The van der Waals surface area contributed by atoms with Crippen molar-refractivity contribution < 1.29 is 9.59 Å². The van der Waals surface area contributed by atoms with E-state index in [0.29, 0.717) is 5.56 Å². The van der Waals surface area contributed by atoms with Gasteiger partial charge in [0.05, 0.1) is 0 Å². The third-order valence-electron chi connectivity index (χ3n) is 4.55. The number of hydrogen-bond donors (Lipinski definition) is 1. The lowest BCUT2D eigenvalue weighted by molar-refractivity contribution is -0.134. The van der Waals surface area contributed by atoms with E-state index in [0.717, 1.165) is 26.2 Å². The summed E-state index contributed by atoms with van der Waals surface area (Å²) in [5.74, 6) is -0.215. The van der Waals surface area contributed by atoms with E-state index in [1.807, 2.05) is 36.2 Å². The summed E-state index contributed by atoms with van der Waals surface area (Å²) in [4.78, 5) is 28.8. The fraction of sp³-hybridized carbons (Fsp3) is 0.579. The number of hydrogen-bond acceptors (Lipinski definition) is 3. The van der Waals surface area contributed by atoms with Crippen LogP contribution in [-0.4, -0.2) is 60.9 Å². The van der Waals surface area contributed by atoms with Gasteiger partial charge in [0.1, 0.15) is 6.04 Å². The number of nitrogens with one attached hydrogen (secondary N) is 1. The Morgan fingerprint density at radius 3 is 2.08 bits per heavy atom. The summed E-state index contributed by atoms with van der Waals surface area (Å²) in [7, 11) is 2.05. The number of nitrogens with zero attached hydrogens (tertiary/aromatic N) is 2. The van der Waals surface area contributed by atoms with Crippen LogP contribution in [0.4, 0.5) is 0 Å². The van der Waals surface area contributed by atoms with Crippen molar-refractivity contribution in [1.29, 1.82) is 0 Å². The topological polar surface area (TPSA) is 52.7 Å². The molecule has 1 saturated heterocycles. The molecule has 1 heterocycles. The highest BCUT2D eigenvalue weighted by molar-refractivity contribution is 5.97. The van der Waals surface area contributed by atoms with Gasteiger partial charge in [0.2, 0.25) is 5.91 Å². The molecule has 24 heavy (non-hydrogen) atoms. The van der Waals surface area contributed by atoms with Crippen LogP contribution in [0.1, 0.15) is 43.6 Å². The Bertz CT molecular complexity index is 582. The third-order valence-corrected chi connectivity index (χ3v) is 4.55. The van der Waals surface area contributed by atoms with Crippen LogP contribution in [0.2, 0.25) is 0 Å². The largest absolute Gasteiger partial charge is 0.341 e. The number of likely N-dealkylation sites (N-methyl/N-ethyl adjacent to an activating group) is 1. The van der Waals surface area contributed by atoms with Crippen LogP contribution < -0.4 is 5.32 Å². The quantitative estimate of drug-likeness (QED) is 0.920. The summed E-state index contributed by atoms with van der Waals surface area (Å²) < 4.78 is 0. The lowest BCUT2D eigenvalue weighted by atomic mass is 9.86. The predicted octanol–water partition coefficient (Wildman–Crippen LogP) is 1.88. The van der Waals surface area contributed by atoms with E-state index in [9.17, 15) is 9.59 Å². The monoisotopic (exact) mass is 331 g/mol. The summed E-state index contributed by atoms with van der Waals surface area (Å²) in [6, 6.07) is 7.08. The Hall–Kier alpha value is -1.88.